The Labute approximate surface area is 76.9 Å². The maximum Gasteiger partial charge on any atom is 0.390 e. The van der Waals surface area contributed by atoms with Crippen LogP contribution < -0.4 is 5.73 Å². The summed E-state index contributed by atoms with van der Waals surface area (Å²) in [5, 5.41) is 0. The van der Waals surface area contributed by atoms with Crippen molar-refractivity contribution in [2.45, 2.75) is 32.0 Å². The third-order valence-corrected chi connectivity index (χ3v) is 2.11. The van der Waals surface area contributed by atoms with Crippen LogP contribution in [0.2, 0.25) is 0 Å². The molecule has 0 aromatic heterocycles. The number of hydrogen-bond donors (Lipinski definition) is 1. The van der Waals surface area contributed by atoms with E-state index in [1.165, 1.54) is 0 Å². The van der Waals surface area contributed by atoms with Crippen molar-refractivity contribution >= 4 is 0 Å². The molecule has 0 aromatic carbocycles. The van der Waals surface area contributed by atoms with Gasteiger partial charge in [-0.1, -0.05) is 6.92 Å². The number of nitrogens with zero attached hydrogens (tertiary/aromatic N) is 1. The lowest BCUT2D eigenvalue weighted by atomic mass is 10.2. The Hall–Kier alpha value is -0.290. The van der Waals surface area contributed by atoms with E-state index in [1.54, 1.807) is 11.9 Å². The molecule has 1 atom stereocenters. The summed E-state index contributed by atoms with van der Waals surface area (Å²) in [6, 6.07) is 0.0577. The molecule has 2 nitrogen and oxygen atoms in total. The predicted octanol–water partition coefficient (Wildman–Crippen LogP) is 1.61. The molecule has 0 aromatic rings. The van der Waals surface area contributed by atoms with Crippen molar-refractivity contribution in [1.82, 2.24) is 4.90 Å². The maximum atomic E-state index is 11.8. The van der Waals surface area contributed by atoms with Gasteiger partial charge in [-0.15, -0.1) is 0 Å². The first kappa shape index (κ1) is 12.7. The largest absolute Gasteiger partial charge is 0.390 e. The fourth-order valence-electron chi connectivity index (χ4n) is 1.14. The number of likely N-dealkylation sites (N-methyl/N-ethyl adjacent to an activating group) is 1. The minimum absolute atomic E-state index is 0.0270. The Morgan fingerprint density at radius 2 is 1.92 bits per heavy atom. The molecule has 0 spiro atoms. The molecule has 0 fully saturated rings. The van der Waals surface area contributed by atoms with Crippen LogP contribution in [0.4, 0.5) is 13.2 Å². The Kier molecular flexibility index (Phi) is 5.32. The van der Waals surface area contributed by atoms with Gasteiger partial charge in [0.1, 0.15) is 0 Å². The van der Waals surface area contributed by atoms with Crippen LogP contribution in [0.15, 0.2) is 0 Å². The van der Waals surface area contributed by atoms with Crippen LogP contribution >= 0.6 is 0 Å². The molecule has 0 bridgehead atoms. The number of rotatable bonds is 5. The van der Waals surface area contributed by atoms with Gasteiger partial charge < -0.3 is 10.6 Å². The Morgan fingerprint density at radius 1 is 1.38 bits per heavy atom. The van der Waals surface area contributed by atoms with Crippen LogP contribution in [-0.4, -0.2) is 37.3 Å². The lowest BCUT2D eigenvalue weighted by Gasteiger charge is -2.26. The van der Waals surface area contributed by atoms with E-state index in [4.69, 9.17) is 5.73 Å². The molecule has 0 radical (unpaired) electrons. The van der Waals surface area contributed by atoms with E-state index < -0.39 is 12.6 Å². The van der Waals surface area contributed by atoms with Gasteiger partial charge in [0, 0.05) is 19.1 Å². The van der Waals surface area contributed by atoms with E-state index in [0.717, 1.165) is 6.42 Å². The van der Waals surface area contributed by atoms with Gasteiger partial charge in [-0.25, -0.2) is 0 Å². The topological polar surface area (TPSA) is 29.3 Å². The highest BCUT2D eigenvalue weighted by atomic mass is 19.4. The normalized spacial score (nSPS) is 15.0. The molecule has 0 aliphatic heterocycles. The van der Waals surface area contributed by atoms with Gasteiger partial charge in [0.25, 0.3) is 0 Å². The molecule has 0 saturated heterocycles. The highest BCUT2D eigenvalue weighted by Gasteiger charge is 2.27. The number of halogens is 3. The zero-order valence-electron chi connectivity index (χ0n) is 8.06. The molecule has 0 saturated carbocycles. The number of nitrogens with two attached hydrogens (primary N) is 1. The number of alkyl halides is 3. The van der Waals surface area contributed by atoms with Gasteiger partial charge in [0.15, 0.2) is 0 Å². The highest BCUT2D eigenvalue weighted by molar-refractivity contribution is 4.68. The van der Waals surface area contributed by atoms with Gasteiger partial charge in [-0.05, 0) is 13.5 Å². The fraction of sp³-hybridized carbons (Fsp3) is 1.00. The van der Waals surface area contributed by atoms with Crippen LogP contribution in [0.1, 0.15) is 19.8 Å². The molecule has 0 heterocycles. The molecular formula is C8H17F3N2. The van der Waals surface area contributed by atoms with Gasteiger partial charge in [-0.3, -0.25) is 0 Å². The lowest BCUT2D eigenvalue weighted by molar-refractivity contribution is -0.138. The highest BCUT2D eigenvalue weighted by Crippen LogP contribution is 2.20. The quantitative estimate of drug-likeness (QED) is 0.727. The standard InChI is InChI=1S/C8H17F3N2/c1-3-7(6-12)13(2)5-4-8(9,10)11/h7H,3-6,12H2,1-2H3. The van der Waals surface area contributed by atoms with Gasteiger partial charge >= 0.3 is 6.18 Å². The smallest absolute Gasteiger partial charge is 0.329 e. The van der Waals surface area contributed by atoms with Crippen LogP contribution in [0.25, 0.3) is 0 Å². The SMILES string of the molecule is CCC(CN)N(C)CCC(F)(F)F. The summed E-state index contributed by atoms with van der Waals surface area (Å²) < 4.78 is 35.5. The summed E-state index contributed by atoms with van der Waals surface area (Å²) in [7, 11) is 1.67. The van der Waals surface area contributed by atoms with Crippen molar-refractivity contribution in [3.8, 4) is 0 Å². The zero-order chi connectivity index (χ0) is 10.5. The van der Waals surface area contributed by atoms with E-state index >= 15 is 0 Å². The summed E-state index contributed by atoms with van der Waals surface area (Å²) in [5.41, 5.74) is 5.40. The molecule has 0 aliphatic carbocycles. The Morgan fingerprint density at radius 3 is 2.23 bits per heavy atom. The van der Waals surface area contributed by atoms with Crippen molar-refractivity contribution in [3.05, 3.63) is 0 Å². The Bertz CT molecular complexity index is 132. The van der Waals surface area contributed by atoms with Crippen LogP contribution in [0.5, 0.6) is 0 Å². The van der Waals surface area contributed by atoms with Crippen molar-refractivity contribution in [2.24, 2.45) is 5.73 Å². The first-order valence-electron chi connectivity index (χ1n) is 4.37. The average molecular weight is 198 g/mol. The zero-order valence-corrected chi connectivity index (χ0v) is 8.06. The second-order valence-electron chi connectivity index (χ2n) is 3.14. The molecule has 1 unspecified atom stereocenters. The summed E-state index contributed by atoms with van der Waals surface area (Å²) >= 11 is 0. The Balaban J connectivity index is 3.78. The first-order chi connectivity index (χ1) is 5.90. The summed E-state index contributed by atoms with van der Waals surface area (Å²) in [4.78, 5) is 1.66. The third-order valence-electron chi connectivity index (χ3n) is 2.11. The van der Waals surface area contributed by atoms with Gasteiger partial charge in [0.2, 0.25) is 0 Å². The summed E-state index contributed by atoms with van der Waals surface area (Å²) in [6.45, 7) is 2.35. The third kappa shape index (κ3) is 5.87. The molecule has 0 rings (SSSR count). The van der Waals surface area contributed by atoms with Crippen molar-refractivity contribution < 1.29 is 13.2 Å². The van der Waals surface area contributed by atoms with Crippen molar-refractivity contribution in [2.75, 3.05) is 20.1 Å². The predicted molar refractivity (Wildman–Crippen MR) is 46.4 cm³/mol. The maximum absolute atomic E-state index is 11.8. The van der Waals surface area contributed by atoms with Crippen molar-refractivity contribution in [3.63, 3.8) is 0 Å². The van der Waals surface area contributed by atoms with E-state index in [1.807, 2.05) is 6.92 Å². The van der Waals surface area contributed by atoms with Crippen molar-refractivity contribution in [1.29, 1.82) is 0 Å². The minimum atomic E-state index is -4.07. The van der Waals surface area contributed by atoms with Gasteiger partial charge in [-0.2, -0.15) is 13.2 Å². The van der Waals surface area contributed by atoms with Gasteiger partial charge in [0.05, 0.1) is 6.42 Å². The summed E-state index contributed by atoms with van der Waals surface area (Å²) in [5.74, 6) is 0. The van der Waals surface area contributed by atoms with Crippen LogP contribution in [0.3, 0.4) is 0 Å². The first-order valence-corrected chi connectivity index (χ1v) is 4.37. The molecule has 0 aliphatic rings. The number of hydrogen-bond acceptors (Lipinski definition) is 2. The average Bonchev–Trinajstić information content (AvgIpc) is 2.02. The monoisotopic (exact) mass is 198 g/mol. The van der Waals surface area contributed by atoms with Crippen LogP contribution in [0, 0.1) is 0 Å². The molecule has 2 N–H and O–H groups in total. The molecule has 80 valence electrons. The van der Waals surface area contributed by atoms with E-state index in [0.29, 0.717) is 6.54 Å². The second kappa shape index (κ2) is 5.44. The van der Waals surface area contributed by atoms with Crippen LogP contribution in [-0.2, 0) is 0 Å². The molecule has 13 heavy (non-hydrogen) atoms. The summed E-state index contributed by atoms with van der Waals surface area (Å²) in [6.07, 6.45) is -4.05. The second-order valence-corrected chi connectivity index (χ2v) is 3.14. The van der Waals surface area contributed by atoms with E-state index in [-0.39, 0.29) is 12.6 Å². The fourth-order valence-corrected chi connectivity index (χ4v) is 1.14. The lowest BCUT2D eigenvalue weighted by Crippen LogP contribution is -2.39. The van der Waals surface area contributed by atoms with E-state index in [9.17, 15) is 13.2 Å². The van der Waals surface area contributed by atoms with E-state index in [2.05, 4.69) is 0 Å². The molecule has 0 amide bonds. The molecular weight excluding hydrogens is 181 g/mol. The minimum Gasteiger partial charge on any atom is -0.329 e. The molecule has 5 heteroatoms.